The minimum absolute atomic E-state index is 0.184. The minimum Gasteiger partial charge on any atom is -0.308 e. The van der Waals surface area contributed by atoms with E-state index in [1.807, 2.05) is 23.9 Å². The van der Waals surface area contributed by atoms with Gasteiger partial charge in [-0.3, -0.25) is 4.68 Å². The van der Waals surface area contributed by atoms with E-state index in [2.05, 4.69) is 24.3 Å². The molecule has 0 aliphatic heterocycles. The molecule has 0 fully saturated rings. The van der Waals surface area contributed by atoms with Crippen LogP contribution in [0.5, 0.6) is 0 Å². The molecule has 1 unspecified atom stereocenters. The van der Waals surface area contributed by atoms with Crippen LogP contribution in [-0.2, 0) is 0 Å². The van der Waals surface area contributed by atoms with Crippen LogP contribution in [0.25, 0.3) is 0 Å². The molecule has 0 bridgehead atoms. The molecule has 1 N–H and O–H groups in total. The van der Waals surface area contributed by atoms with Crippen LogP contribution in [0.2, 0.25) is 0 Å². The predicted molar refractivity (Wildman–Crippen MR) is 69.9 cm³/mol. The zero-order chi connectivity index (χ0) is 13.1. The third-order valence-corrected chi connectivity index (χ3v) is 2.99. The Labute approximate surface area is 107 Å². The van der Waals surface area contributed by atoms with Crippen LogP contribution in [0.4, 0.5) is 4.39 Å². The minimum atomic E-state index is -0.201. The average molecular weight is 247 g/mol. The van der Waals surface area contributed by atoms with Crippen LogP contribution < -0.4 is 5.32 Å². The van der Waals surface area contributed by atoms with Crippen molar-refractivity contribution in [3.05, 3.63) is 53.6 Å². The maximum atomic E-state index is 13.9. The first kappa shape index (κ1) is 12.8. The molecule has 0 saturated heterocycles. The van der Waals surface area contributed by atoms with Crippen molar-refractivity contribution in [1.82, 2.24) is 15.1 Å². The molecule has 0 aliphatic rings. The smallest absolute Gasteiger partial charge is 0.128 e. The van der Waals surface area contributed by atoms with E-state index >= 15 is 0 Å². The summed E-state index contributed by atoms with van der Waals surface area (Å²) >= 11 is 0. The lowest BCUT2D eigenvalue weighted by molar-refractivity contribution is 0.476. The lowest BCUT2D eigenvalue weighted by Crippen LogP contribution is -2.23. The summed E-state index contributed by atoms with van der Waals surface area (Å²) in [5.41, 5.74) is 1.61. The highest BCUT2D eigenvalue weighted by Gasteiger charge is 2.20. The Kier molecular flexibility index (Phi) is 3.77. The highest BCUT2D eigenvalue weighted by molar-refractivity contribution is 5.29. The van der Waals surface area contributed by atoms with Gasteiger partial charge in [0.05, 0.1) is 11.7 Å². The third kappa shape index (κ3) is 2.29. The monoisotopic (exact) mass is 247 g/mol. The molecule has 2 aromatic rings. The lowest BCUT2D eigenvalue weighted by Gasteiger charge is -2.20. The topological polar surface area (TPSA) is 29.9 Å². The standard InChI is InChI=1S/C14H18FN3/c1-10(2)18-13(8-9-17-18)14(16-3)11-6-4-5-7-12(11)15/h4-10,14,16H,1-3H3. The van der Waals surface area contributed by atoms with Crippen molar-refractivity contribution in [3.8, 4) is 0 Å². The number of nitrogens with zero attached hydrogens (tertiary/aromatic N) is 2. The van der Waals surface area contributed by atoms with Crippen molar-refractivity contribution in [1.29, 1.82) is 0 Å². The largest absolute Gasteiger partial charge is 0.308 e. The first-order valence-corrected chi connectivity index (χ1v) is 6.10. The summed E-state index contributed by atoms with van der Waals surface area (Å²) in [4.78, 5) is 0. The van der Waals surface area contributed by atoms with Crippen LogP contribution in [0.3, 0.4) is 0 Å². The Morgan fingerprint density at radius 1 is 1.22 bits per heavy atom. The molecule has 0 saturated carbocycles. The van der Waals surface area contributed by atoms with E-state index in [-0.39, 0.29) is 17.9 Å². The van der Waals surface area contributed by atoms with E-state index in [4.69, 9.17) is 0 Å². The summed E-state index contributed by atoms with van der Waals surface area (Å²) in [5, 5.41) is 7.45. The molecule has 0 spiro atoms. The Balaban J connectivity index is 2.46. The Bertz CT molecular complexity index is 519. The maximum Gasteiger partial charge on any atom is 0.128 e. The van der Waals surface area contributed by atoms with Crippen LogP contribution in [-0.4, -0.2) is 16.8 Å². The molecule has 3 nitrogen and oxygen atoms in total. The van der Waals surface area contributed by atoms with Crippen LogP contribution in [0, 0.1) is 5.82 Å². The second kappa shape index (κ2) is 5.31. The summed E-state index contributed by atoms with van der Waals surface area (Å²) in [7, 11) is 1.83. The fourth-order valence-corrected chi connectivity index (χ4v) is 2.16. The van der Waals surface area contributed by atoms with Gasteiger partial charge < -0.3 is 5.32 Å². The van der Waals surface area contributed by atoms with Crippen molar-refractivity contribution >= 4 is 0 Å². The fourth-order valence-electron chi connectivity index (χ4n) is 2.16. The number of nitrogens with one attached hydrogen (secondary N) is 1. The Morgan fingerprint density at radius 3 is 2.56 bits per heavy atom. The van der Waals surface area contributed by atoms with Gasteiger partial charge in [-0.05, 0) is 33.0 Å². The quantitative estimate of drug-likeness (QED) is 0.900. The van der Waals surface area contributed by atoms with E-state index in [0.717, 1.165) is 5.69 Å². The molecular weight excluding hydrogens is 229 g/mol. The van der Waals surface area contributed by atoms with Gasteiger partial charge in [0.15, 0.2) is 0 Å². The molecule has 4 heteroatoms. The van der Waals surface area contributed by atoms with E-state index < -0.39 is 0 Å². The van der Waals surface area contributed by atoms with E-state index in [1.54, 1.807) is 18.3 Å². The first-order valence-electron chi connectivity index (χ1n) is 6.10. The van der Waals surface area contributed by atoms with Crippen molar-refractivity contribution in [2.75, 3.05) is 7.05 Å². The summed E-state index contributed by atoms with van der Waals surface area (Å²) < 4.78 is 15.8. The molecule has 2 rings (SSSR count). The summed E-state index contributed by atoms with van der Waals surface area (Å²) in [6.07, 6.45) is 1.75. The van der Waals surface area contributed by atoms with Gasteiger partial charge in [-0.2, -0.15) is 5.10 Å². The van der Waals surface area contributed by atoms with Crippen molar-refractivity contribution in [2.45, 2.75) is 25.9 Å². The summed E-state index contributed by atoms with van der Waals surface area (Å²) in [5.74, 6) is -0.201. The molecule has 0 radical (unpaired) electrons. The SMILES string of the molecule is CNC(c1ccccc1F)c1ccnn1C(C)C. The number of hydrogen-bond acceptors (Lipinski definition) is 2. The second-order valence-electron chi connectivity index (χ2n) is 4.54. The Hall–Kier alpha value is -1.68. The second-order valence-corrected chi connectivity index (χ2v) is 4.54. The van der Waals surface area contributed by atoms with Gasteiger partial charge in [0.1, 0.15) is 5.82 Å². The average Bonchev–Trinajstić information content (AvgIpc) is 2.82. The molecule has 96 valence electrons. The fraction of sp³-hybridized carbons (Fsp3) is 0.357. The summed E-state index contributed by atoms with van der Waals surface area (Å²) in [6.45, 7) is 4.12. The molecule has 1 aromatic carbocycles. The zero-order valence-corrected chi connectivity index (χ0v) is 10.9. The molecule has 0 amide bonds. The van der Waals surface area contributed by atoms with Gasteiger partial charge in [0.25, 0.3) is 0 Å². The zero-order valence-electron chi connectivity index (χ0n) is 10.9. The molecule has 0 aliphatic carbocycles. The van der Waals surface area contributed by atoms with Crippen LogP contribution >= 0.6 is 0 Å². The number of benzene rings is 1. The molecule has 1 aromatic heterocycles. The van der Waals surface area contributed by atoms with Crippen molar-refractivity contribution in [3.63, 3.8) is 0 Å². The van der Waals surface area contributed by atoms with Gasteiger partial charge >= 0.3 is 0 Å². The third-order valence-electron chi connectivity index (χ3n) is 2.99. The van der Waals surface area contributed by atoms with Crippen molar-refractivity contribution in [2.24, 2.45) is 0 Å². The number of hydrogen-bond donors (Lipinski definition) is 1. The van der Waals surface area contributed by atoms with Gasteiger partial charge in [0.2, 0.25) is 0 Å². The predicted octanol–water partition coefficient (Wildman–Crippen LogP) is 2.91. The van der Waals surface area contributed by atoms with Crippen molar-refractivity contribution < 1.29 is 4.39 Å². The van der Waals surface area contributed by atoms with Crippen LogP contribution in [0.15, 0.2) is 36.5 Å². The normalized spacial score (nSPS) is 12.9. The molecule has 1 atom stereocenters. The van der Waals surface area contributed by atoms with Gasteiger partial charge in [-0.25, -0.2) is 4.39 Å². The van der Waals surface area contributed by atoms with E-state index in [1.165, 1.54) is 6.07 Å². The van der Waals surface area contributed by atoms with Crippen LogP contribution in [0.1, 0.15) is 37.2 Å². The molecular formula is C14H18FN3. The number of rotatable bonds is 4. The number of halogens is 1. The van der Waals surface area contributed by atoms with E-state index in [9.17, 15) is 4.39 Å². The van der Waals surface area contributed by atoms with Gasteiger partial charge in [-0.1, -0.05) is 18.2 Å². The van der Waals surface area contributed by atoms with Gasteiger partial charge in [0, 0.05) is 17.8 Å². The van der Waals surface area contributed by atoms with Gasteiger partial charge in [-0.15, -0.1) is 0 Å². The lowest BCUT2D eigenvalue weighted by atomic mass is 10.0. The highest BCUT2D eigenvalue weighted by atomic mass is 19.1. The highest BCUT2D eigenvalue weighted by Crippen LogP contribution is 2.25. The summed E-state index contributed by atoms with van der Waals surface area (Å²) in [6, 6.07) is 8.82. The number of aromatic nitrogens is 2. The van der Waals surface area contributed by atoms with E-state index in [0.29, 0.717) is 5.56 Å². The Morgan fingerprint density at radius 2 is 1.94 bits per heavy atom. The molecule has 1 heterocycles. The molecule has 18 heavy (non-hydrogen) atoms. The maximum absolute atomic E-state index is 13.9. The first-order chi connectivity index (χ1) is 8.65.